The molecule has 0 radical (unpaired) electrons. The Balaban J connectivity index is 2.22. The third kappa shape index (κ3) is 3.66. The average molecular weight is 200 g/mol. The number of hydrogen-bond donors (Lipinski definition) is 1. The molecule has 2 atom stereocenters. The van der Waals surface area contributed by atoms with Gasteiger partial charge in [-0.05, 0) is 26.2 Å². The van der Waals surface area contributed by atoms with Crippen LogP contribution in [-0.2, 0) is 9.53 Å². The van der Waals surface area contributed by atoms with E-state index in [0.29, 0.717) is 12.6 Å². The van der Waals surface area contributed by atoms with E-state index in [9.17, 15) is 4.79 Å². The van der Waals surface area contributed by atoms with Gasteiger partial charge in [-0.2, -0.15) is 0 Å². The van der Waals surface area contributed by atoms with Crippen molar-refractivity contribution in [2.24, 2.45) is 0 Å². The Morgan fingerprint density at radius 2 is 2.29 bits per heavy atom. The summed E-state index contributed by atoms with van der Waals surface area (Å²) in [7, 11) is 0. The van der Waals surface area contributed by atoms with Crippen molar-refractivity contribution >= 4 is 5.97 Å². The molecule has 0 amide bonds. The summed E-state index contributed by atoms with van der Waals surface area (Å²) in [6.07, 6.45) is 5.42. The van der Waals surface area contributed by atoms with Crippen molar-refractivity contribution in [1.29, 1.82) is 0 Å². The molecule has 0 saturated carbocycles. The van der Waals surface area contributed by atoms with Crippen molar-refractivity contribution in [2.75, 3.05) is 6.61 Å². The summed E-state index contributed by atoms with van der Waals surface area (Å²) in [5.74, 6) is -0.00926. The van der Waals surface area contributed by atoms with Gasteiger partial charge in [-0.15, -0.1) is 0 Å². The summed E-state index contributed by atoms with van der Waals surface area (Å²) in [4.78, 5) is 11.6. The van der Waals surface area contributed by atoms with Crippen molar-refractivity contribution in [2.45, 2.75) is 58.0 Å². The minimum Gasteiger partial charge on any atom is -0.461 e. The van der Waals surface area contributed by atoms with Crippen LogP contribution in [0.2, 0.25) is 0 Å². The minimum absolute atomic E-state index is 0.00926. The SMILES string of the molecule is CCCCOC(=O)[C@H]1CCC[C@@H](C)[NH2+]1. The normalized spacial score (nSPS) is 27.3. The lowest BCUT2D eigenvalue weighted by Gasteiger charge is -2.23. The molecule has 1 aliphatic rings. The van der Waals surface area contributed by atoms with Crippen LogP contribution in [-0.4, -0.2) is 24.7 Å². The zero-order valence-electron chi connectivity index (χ0n) is 9.29. The first-order valence-electron chi connectivity index (χ1n) is 5.75. The predicted octanol–water partition coefficient (Wildman–Crippen LogP) is 0.834. The molecular weight excluding hydrogens is 178 g/mol. The van der Waals surface area contributed by atoms with Crippen molar-refractivity contribution in [3.8, 4) is 0 Å². The Morgan fingerprint density at radius 3 is 2.93 bits per heavy atom. The van der Waals surface area contributed by atoms with Gasteiger partial charge in [-0.25, -0.2) is 4.79 Å². The standard InChI is InChI=1S/C11H21NO2/c1-3-4-8-14-11(13)10-7-5-6-9(2)12-10/h9-10,12H,3-8H2,1-2H3/p+1/t9-,10-/m1/s1. The van der Waals surface area contributed by atoms with E-state index in [2.05, 4.69) is 19.2 Å². The summed E-state index contributed by atoms with van der Waals surface area (Å²) in [6.45, 7) is 4.86. The number of piperidine rings is 1. The minimum atomic E-state index is -0.00926. The molecule has 3 heteroatoms. The highest BCUT2D eigenvalue weighted by molar-refractivity contribution is 5.74. The van der Waals surface area contributed by atoms with E-state index in [-0.39, 0.29) is 12.0 Å². The van der Waals surface area contributed by atoms with Crippen molar-refractivity contribution in [3.63, 3.8) is 0 Å². The van der Waals surface area contributed by atoms with Crippen LogP contribution in [0.5, 0.6) is 0 Å². The Kier molecular flexibility index (Phi) is 4.94. The molecule has 1 aliphatic heterocycles. The summed E-state index contributed by atoms with van der Waals surface area (Å²) < 4.78 is 5.20. The lowest BCUT2D eigenvalue weighted by atomic mass is 10.00. The Bertz CT molecular complexity index is 182. The number of carbonyl (C=O) groups is 1. The molecule has 0 aromatic carbocycles. The van der Waals surface area contributed by atoms with Crippen molar-refractivity contribution < 1.29 is 14.8 Å². The van der Waals surface area contributed by atoms with Crippen molar-refractivity contribution in [1.82, 2.24) is 0 Å². The van der Waals surface area contributed by atoms with E-state index in [4.69, 9.17) is 4.74 Å². The predicted molar refractivity (Wildman–Crippen MR) is 54.9 cm³/mol. The fraction of sp³-hybridized carbons (Fsp3) is 0.909. The quantitative estimate of drug-likeness (QED) is 0.539. The van der Waals surface area contributed by atoms with Gasteiger partial charge >= 0.3 is 5.97 Å². The van der Waals surface area contributed by atoms with Crippen LogP contribution in [0.15, 0.2) is 0 Å². The molecule has 2 N–H and O–H groups in total. The second-order valence-electron chi connectivity index (χ2n) is 4.23. The van der Waals surface area contributed by atoms with E-state index in [1.54, 1.807) is 0 Å². The highest BCUT2D eigenvalue weighted by Crippen LogP contribution is 2.07. The molecule has 1 fully saturated rings. The molecule has 1 heterocycles. The molecule has 0 spiro atoms. The summed E-state index contributed by atoms with van der Waals surface area (Å²) >= 11 is 0. The molecule has 1 rings (SSSR count). The highest BCUT2D eigenvalue weighted by Gasteiger charge is 2.29. The van der Waals surface area contributed by atoms with Crippen LogP contribution in [0.4, 0.5) is 0 Å². The zero-order valence-corrected chi connectivity index (χ0v) is 9.29. The van der Waals surface area contributed by atoms with Crippen molar-refractivity contribution in [3.05, 3.63) is 0 Å². The van der Waals surface area contributed by atoms with Crippen LogP contribution in [0.3, 0.4) is 0 Å². The number of ether oxygens (including phenoxy) is 1. The van der Waals surface area contributed by atoms with Crippen LogP contribution in [0.1, 0.15) is 46.0 Å². The first-order valence-corrected chi connectivity index (χ1v) is 5.75. The molecule has 0 aliphatic carbocycles. The second-order valence-corrected chi connectivity index (χ2v) is 4.23. The Hall–Kier alpha value is -0.570. The van der Waals surface area contributed by atoms with E-state index in [1.807, 2.05) is 0 Å². The number of quaternary nitrogens is 1. The lowest BCUT2D eigenvalue weighted by Crippen LogP contribution is -2.97. The van der Waals surface area contributed by atoms with Gasteiger partial charge in [0.25, 0.3) is 0 Å². The van der Waals surface area contributed by atoms with Gasteiger partial charge in [0.15, 0.2) is 6.04 Å². The highest BCUT2D eigenvalue weighted by atomic mass is 16.5. The molecule has 82 valence electrons. The molecule has 0 aromatic heterocycles. The zero-order chi connectivity index (χ0) is 10.4. The van der Waals surface area contributed by atoms with Crippen LogP contribution in [0, 0.1) is 0 Å². The first kappa shape index (κ1) is 11.5. The van der Waals surface area contributed by atoms with Gasteiger partial charge in [0.1, 0.15) is 0 Å². The monoisotopic (exact) mass is 200 g/mol. The average Bonchev–Trinajstić information content (AvgIpc) is 2.18. The number of carbonyl (C=O) groups excluding carboxylic acids is 1. The number of rotatable bonds is 4. The lowest BCUT2D eigenvalue weighted by molar-refractivity contribution is -0.716. The Labute approximate surface area is 86.2 Å². The van der Waals surface area contributed by atoms with Gasteiger partial charge in [0, 0.05) is 6.42 Å². The van der Waals surface area contributed by atoms with Gasteiger partial charge in [-0.3, -0.25) is 0 Å². The van der Waals surface area contributed by atoms with Crippen LogP contribution in [0.25, 0.3) is 0 Å². The third-order valence-corrected chi connectivity index (χ3v) is 2.78. The third-order valence-electron chi connectivity index (χ3n) is 2.78. The number of hydrogen-bond acceptors (Lipinski definition) is 2. The number of esters is 1. The first-order chi connectivity index (χ1) is 6.74. The summed E-state index contributed by atoms with van der Waals surface area (Å²) in [5, 5.41) is 2.15. The van der Waals surface area contributed by atoms with Gasteiger partial charge in [0.05, 0.1) is 12.6 Å². The van der Waals surface area contributed by atoms with Crippen LogP contribution >= 0.6 is 0 Å². The molecule has 0 unspecified atom stereocenters. The van der Waals surface area contributed by atoms with Crippen LogP contribution < -0.4 is 5.32 Å². The fourth-order valence-corrected chi connectivity index (χ4v) is 1.87. The van der Waals surface area contributed by atoms with E-state index in [0.717, 1.165) is 25.7 Å². The maximum atomic E-state index is 11.6. The molecule has 14 heavy (non-hydrogen) atoms. The summed E-state index contributed by atoms with van der Waals surface area (Å²) in [6, 6.07) is 0.642. The molecule has 0 bridgehead atoms. The maximum Gasteiger partial charge on any atom is 0.364 e. The molecule has 3 nitrogen and oxygen atoms in total. The van der Waals surface area contributed by atoms with Gasteiger partial charge in [0.2, 0.25) is 0 Å². The Morgan fingerprint density at radius 1 is 1.50 bits per heavy atom. The second kappa shape index (κ2) is 6.02. The van der Waals surface area contributed by atoms with E-state index < -0.39 is 0 Å². The largest absolute Gasteiger partial charge is 0.461 e. The fourth-order valence-electron chi connectivity index (χ4n) is 1.87. The number of nitrogens with two attached hydrogens (primary N) is 1. The van der Waals surface area contributed by atoms with Gasteiger partial charge in [-0.1, -0.05) is 13.3 Å². The molecular formula is C11H22NO2+. The number of unbranched alkanes of at least 4 members (excludes halogenated alkanes) is 1. The molecule has 0 aromatic rings. The maximum absolute atomic E-state index is 11.6. The molecule has 1 saturated heterocycles. The topological polar surface area (TPSA) is 42.9 Å². The smallest absolute Gasteiger partial charge is 0.364 e. The van der Waals surface area contributed by atoms with Gasteiger partial charge < -0.3 is 10.1 Å². The van der Waals surface area contributed by atoms with E-state index in [1.165, 1.54) is 6.42 Å². The summed E-state index contributed by atoms with van der Waals surface area (Å²) in [5.41, 5.74) is 0. The van der Waals surface area contributed by atoms with E-state index >= 15 is 0 Å².